The first-order chi connectivity index (χ1) is 15.6. The van der Waals surface area contributed by atoms with E-state index in [4.69, 9.17) is 9.97 Å². The minimum atomic E-state index is -3.54. The molecule has 0 unspecified atom stereocenters. The number of aromatic nitrogens is 4. The third-order valence-electron chi connectivity index (χ3n) is 5.55. The van der Waals surface area contributed by atoms with Gasteiger partial charge in [-0.05, 0) is 43.7 Å². The van der Waals surface area contributed by atoms with Crippen molar-refractivity contribution in [2.75, 3.05) is 14.1 Å². The molecule has 2 aromatic carbocycles. The van der Waals surface area contributed by atoms with Crippen LogP contribution in [-0.2, 0) is 29.4 Å². The average molecular weight is 486 g/mol. The standard InChI is InChI=1S/C23H27N5O3S2/c1-6-11-28-20-10-8-16(33(30,31)26(3)4)13-19(20)24-21(28)14-32-23-25-18-9-7-15(2)12-17(18)22(29)27(23)5/h7-10,12-13H,6,11,14H2,1-5H3. The van der Waals surface area contributed by atoms with Crippen molar-refractivity contribution in [1.82, 2.24) is 23.4 Å². The van der Waals surface area contributed by atoms with E-state index in [0.29, 0.717) is 27.3 Å². The van der Waals surface area contributed by atoms with E-state index < -0.39 is 10.0 Å². The van der Waals surface area contributed by atoms with Gasteiger partial charge in [0.25, 0.3) is 5.56 Å². The zero-order chi connectivity index (χ0) is 23.9. The first kappa shape index (κ1) is 23.5. The van der Waals surface area contributed by atoms with Crippen molar-refractivity contribution >= 4 is 43.7 Å². The lowest BCUT2D eigenvalue weighted by atomic mass is 10.2. The van der Waals surface area contributed by atoms with Crippen molar-refractivity contribution in [3.63, 3.8) is 0 Å². The number of rotatable bonds is 7. The van der Waals surface area contributed by atoms with Crippen LogP contribution in [0.3, 0.4) is 0 Å². The first-order valence-electron chi connectivity index (χ1n) is 10.7. The van der Waals surface area contributed by atoms with Crippen LogP contribution in [0.15, 0.2) is 51.2 Å². The largest absolute Gasteiger partial charge is 0.327 e. The molecule has 0 N–H and O–H groups in total. The molecule has 174 valence electrons. The summed E-state index contributed by atoms with van der Waals surface area (Å²) in [6.07, 6.45) is 0.910. The third kappa shape index (κ3) is 4.30. The van der Waals surface area contributed by atoms with Gasteiger partial charge in [-0.2, -0.15) is 0 Å². The second-order valence-corrected chi connectivity index (χ2v) is 11.3. The number of thioether (sulfide) groups is 1. The topological polar surface area (TPSA) is 90.1 Å². The second-order valence-electron chi connectivity index (χ2n) is 8.19. The summed E-state index contributed by atoms with van der Waals surface area (Å²) in [5.41, 5.74) is 3.14. The first-order valence-corrected chi connectivity index (χ1v) is 13.1. The zero-order valence-electron chi connectivity index (χ0n) is 19.4. The number of fused-ring (bicyclic) bond motifs is 2. The Labute approximate surface area is 197 Å². The van der Waals surface area contributed by atoms with Gasteiger partial charge in [0, 0.05) is 27.7 Å². The highest BCUT2D eigenvalue weighted by Gasteiger charge is 2.20. The molecule has 0 aliphatic carbocycles. The Kier molecular flexibility index (Phi) is 6.35. The molecule has 8 nitrogen and oxygen atoms in total. The molecule has 0 spiro atoms. The van der Waals surface area contributed by atoms with Crippen molar-refractivity contribution in [2.45, 2.75) is 42.6 Å². The minimum absolute atomic E-state index is 0.0770. The third-order valence-corrected chi connectivity index (χ3v) is 8.38. The molecule has 0 amide bonds. The second kappa shape index (κ2) is 8.92. The van der Waals surface area contributed by atoms with Crippen molar-refractivity contribution in [1.29, 1.82) is 0 Å². The van der Waals surface area contributed by atoms with Gasteiger partial charge in [0.15, 0.2) is 5.16 Å². The van der Waals surface area contributed by atoms with E-state index in [9.17, 15) is 13.2 Å². The Balaban J connectivity index is 1.73. The highest BCUT2D eigenvalue weighted by atomic mass is 32.2. The summed E-state index contributed by atoms with van der Waals surface area (Å²) in [6.45, 7) is 4.80. The Morgan fingerprint density at radius 2 is 1.82 bits per heavy atom. The minimum Gasteiger partial charge on any atom is -0.327 e. The van der Waals surface area contributed by atoms with Gasteiger partial charge in [0.2, 0.25) is 10.0 Å². The van der Waals surface area contributed by atoms with Crippen LogP contribution < -0.4 is 5.56 Å². The molecule has 10 heteroatoms. The number of aryl methyl sites for hydroxylation is 2. The summed E-state index contributed by atoms with van der Waals surface area (Å²) in [6, 6.07) is 10.7. The average Bonchev–Trinajstić information content (AvgIpc) is 3.12. The maximum Gasteiger partial charge on any atom is 0.261 e. The van der Waals surface area contributed by atoms with Gasteiger partial charge in [0.1, 0.15) is 5.82 Å². The molecule has 0 saturated heterocycles. The summed E-state index contributed by atoms with van der Waals surface area (Å²) < 4.78 is 30.0. The summed E-state index contributed by atoms with van der Waals surface area (Å²) in [7, 11) is 1.21. The predicted octanol–water partition coefficient (Wildman–Crippen LogP) is 3.54. The van der Waals surface area contributed by atoms with Gasteiger partial charge in [-0.15, -0.1) is 0 Å². The van der Waals surface area contributed by atoms with E-state index in [0.717, 1.165) is 29.9 Å². The molecular weight excluding hydrogens is 458 g/mol. The normalized spacial score (nSPS) is 12.3. The van der Waals surface area contributed by atoms with Crippen LogP contribution in [0.1, 0.15) is 24.7 Å². The van der Waals surface area contributed by atoms with E-state index in [-0.39, 0.29) is 10.5 Å². The molecule has 0 fully saturated rings. The summed E-state index contributed by atoms with van der Waals surface area (Å²) in [5.74, 6) is 1.32. The molecule has 33 heavy (non-hydrogen) atoms. The van der Waals surface area contributed by atoms with Crippen LogP contribution >= 0.6 is 11.8 Å². The molecule has 0 atom stereocenters. The van der Waals surface area contributed by atoms with Crippen molar-refractivity contribution in [2.24, 2.45) is 7.05 Å². The van der Waals surface area contributed by atoms with E-state index in [1.54, 1.807) is 23.7 Å². The van der Waals surface area contributed by atoms with Gasteiger partial charge in [-0.25, -0.2) is 22.7 Å². The fourth-order valence-electron chi connectivity index (χ4n) is 3.74. The Bertz CT molecular complexity index is 1520. The van der Waals surface area contributed by atoms with E-state index in [2.05, 4.69) is 11.5 Å². The number of nitrogens with zero attached hydrogens (tertiary/aromatic N) is 5. The van der Waals surface area contributed by atoms with Gasteiger partial charge >= 0.3 is 0 Å². The van der Waals surface area contributed by atoms with Crippen LogP contribution in [0.5, 0.6) is 0 Å². The van der Waals surface area contributed by atoms with Gasteiger partial charge in [0.05, 0.1) is 32.6 Å². The summed E-state index contributed by atoms with van der Waals surface area (Å²) in [4.78, 5) is 22.5. The monoisotopic (exact) mass is 485 g/mol. The van der Waals surface area contributed by atoms with Crippen LogP contribution in [-0.4, -0.2) is 45.9 Å². The molecule has 4 aromatic rings. The van der Waals surface area contributed by atoms with Crippen molar-refractivity contribution < 1.29 is 8.42 Å². The Morgan fingerprint density at radius 1 is 1.06 bits per heavy atom. The van der Waals surface area contributed by atoms with Crippen molar-refractivity contribution in [3.8, 4) is 0 Å². The molecule has 0 bridgehead atoms. The Morgan fingerprint density at radius 3 is 2.52 bits per heavy atom. The summed E-state index contributed by atoms with van der Waals surface area (Å²) >= 11 is 1.45. The van der Waals surface area contributed by atoms with Crippen molar-refractivity contribution in [3.05, 3.63) is 58.1 Å². The van der Waals surface area contributed by atoms with E-state index >= 15 is 0 Å². The fourth-order valence-corrected chi connectivity index (χ4v) is 5.58. The van der Waals surface area contributed by atoms with Crippen LogP contribution in [0.2, 0.25) is 0 Å². The van der Waals surface area contributed by atoms with E-state index in [1.807, 2.05) is 31.2 Å². The molecule has 4 rings (SSSR count). The highest BCUT2D eigenvalue weighted by molar-refractivity contribution is 7.98. The molecule has 0 saturated carbocycles. The molecule has 0 aliphatic rings. The lowest BCUT2D eigenvalue weighted by Gasteiger charge is -2.11. The molecule has 2 aromatic heterocycles. The number of imidazole rings is 1. The number of sulfonamides is 1. The SMILES string of the molecule is CCCn1c(CSc2nc3ccc(C)cc3c(=O)n2C)nc2cc(S(=O)(=O)N(C)C)ccc21. The maximum atomic E-state index is 12.8. The van der Waals surface area contributed by atoms with Crippen LogP contribution in [0, 0.1) is 6.92 Å². The fraction of sp³-hybridized carbons (Fsp3) is 0.348. The molecule has 2 heterocycles. The highest BCUT2D eigenvalue weighted by Crippen LogP contribution is 2.27. The number of benzene rings is 2. The lowest BCUT2D eigenvalue weighted by molar-refractivity contribution is 0.521. The van der Waals surface area contributed by atoms with Gasteiger partial charge in [-0.3, -0.25) is 9.36 Å². The predicted molar refractivity (Wildman–Crippen MR) is 132 cm³/mol. The molecule has 0 aliphatic heterocycles. The lowest BCUT2D eigenvalue weighted by Crippen LogP contribution is -2.22. The maximum absolute atomic E-state index is 12.8. The molecule has 0 radical (unpaired) electrons. The Hall–Kier alpha value is -2.69. The quantitative estimate of drug-likeness (QED) is 0.294. The van der Waals surface area contributed by atoms with Gasteiger partial charge < -0.3 is 4.57 Å². The molecular formula is C23H27N5O3S2. The summed E-state index contributed by atoms with van der Waals surface area (Å²) in [5, 5.41) is 1.22. The van der Waals surface area contributed by atoms with Crippen LogP contribution in [0.4, 0.5) is 0 Å². The van der Waals surface area contributed by atoms with E-state index in [1.165, 1.54) is 30.2 Å². The smallest absolute Gasteiger partial charge is 0.261 e. The zero-order valence-corrected chi connectivity index (χ0v) is 21.0. The van der Waals surface area contributed by atoms with Gasteiger partial charge in [-0.1, -0.05) is 30.3 Å². The number of hydrogen-bond donors (Lipinski definition) is 0. The van der Waals surface area contributed by atoms with Crippen LogP contribution in [0.25, 0.3) is 21.9 Å². The number of hydrogen-bond acceptors (Lipinski definition) is 6.